The largest absolute Gasteiger partial charge is 0.344 e. The fourth-order valence-electron chi connectivity index (χ4n) is 1.15. The number of nitrogens with two attached hydrogens (primary N) is 1. The van der Waals surface area contributed by atoms with E-state index in [-0.39, 0.29) is 5.91 Å². The Morgan fingerprint density at radius 1 is 1.27 bits per heavy atom. The Morgan fingerprint density at radius 3 is 2.33 bits per heavy atom. The topological polar surface area (TPSA) is 49.6 Å². The van der Waals surface area contributed by atoms with Crippen molar-refractivity contribution in [3.63, 3.8) is 0 Å². The molecule has 2 N–H and O–H groups in total. The summed E-state index contributed by atoms with van der Waals surface area (Å²) in [6, 6.07) is 0. The van der Waals surface area contributed by atoms with Crippen molar-refractivity contribution >= 4 is 5.91 Å². The van der Waals surface area contributed by atoms with E-state index >= 15 is 0 Å². The minimum atomic E-state index is 0.220. The molecule has 0 radical (unpaired) electrons. The Hall–Kier alpha value is -0.610. The van der Waals surface area contributed by atoms with Crippen LogP contribution in [-0.2, 0) is 4.79 Å². The fraction of sp³-hybridized carbons (Fsp3) is 0.909. The van der Waals surface area contributed by atoms with Crippen molar-refractivity contribution < 1.29 is 4.79 Å². The number of nitrogens with zero attached hydrogens (tertiary/aromatic N) is 2. The Labute approximate surface area is 93.4 Å². The predicted molar refractivity (Wildman–Crippen MR) is 63.6 cm³/mol. The van der Waals surface area contributed by atoms with Crippen molar-refractivity contribution in [2.45, 2.75) is 19.8 Å². The van der Waals surface area contributed by atoms with Crippen molar-refractivity contribution in [2.75, 3.05) is 40.8 Å². The van der Waals surface area contributed by atoms with Crippen LogP contribution >= 0.6 is 0 Å². The average molecular weight is 215 g/mol. The summed E-state index contributed by atoms with van der Waals surface area (Å²) in [5.41, 5.74) is 5.50. The maximum atomic E-state index is 11.6. The lowest BCUT2D eigenvalue weighted by atomic mass is 10.1. The summed E-state index contributed by atoms with van der Waals surface area (Å²) < 4.78 is 0. The highest BCUT2D eigenvalue weighted by atomic mass is 16.2. The molecule has 1 unspecified atom stereocenters. The molecule has 4 heteroatoms. The molecule has 0 aromatic carbocycles. The average Bonchev–Trinajstić information content (AvgIpc) is 2.21. The van der Waals surface area contributed by atoms with Crippen molar-refractivity contribution in [1.29, 1.82) is 0 Å². The summed E-state index contributed by atoms with van der Waals surface area (Å²) in [5.74, 6) is 0.661. The molecule has 0 aliphatic rings. The summed E-state index contributed by atoms with van der Waals surface area (Å²) in [4.78, 5) is 15.5. The molecule has 0 bridgehead atoms. The lowest BCUT2D eigenvalue weighted by molar-refractivity contribution is -0.130. The van der Waals surface area contributed by atoms with E-state index < -0.39 is 0 Å². The summed E-state index contributed by atoms with van der Waals surface area (Å²) >= 11 is 0. The summed E-state index contributed by atoms with van der Waals surface area (Å²) in [5, 5.41) is 0. The summed E-state index contributed by atoms with van der Waals surface area (Å²) in [6.45, 7) is 4.44. The molecule has 4 nitrogen and oxygen atoms in total. The van der Waals surface area contributed by atoms with Gasteiger partial charge in [-0.05, 0) is 33.0 Å². The summed E-state index contributed by atoms with van der Waals surface area (Å²) in [6.07, 6.45) is 1.50. The van der Waals surface area contributed by atoms with Gasteiger partial charge in [0.25, 0.3) is 0 Å². The Balaban J connectivity index is 3.69. The minimum absolute atomic E-state index is 0.220. The molecule has 0 aliphatic carbocycles. The molecule has 0 fully saturated rings. The first-order valence-corrected chi connectivity index (χ1v) is 5.56. The van der Waals surface area contributed by atoms with Crippen LogP contribution in [0.5, 0.6) is 0 Å². The van der Waals surface area contributed by atoms with Crippen LogP contribution in [0.4, 0.5) is 0 Å². The van der Waals surface area contributed by atoms with Gasteiger partial charge in [-0.1, -0.05) is 6.92 Å². The lowest BCUT2D eigenvalue weighted by Crippen LogP contribution is -2.33. The molecule has 0 aromatic heterocycles. The third kappa shape index (κ3) is 7.33. The zero-order valence-corrected chi connectivity index (χ0v) is 10.5. The molecule has 0 heterocycles. The predicted octanol–water partition coefficient (Wildman–Crippen LogP) is 0.381. The smallest absolute Gasteiger partial charge is 0.222 e. The van der Waals surface area contributed by atoms with Crippen LogP contribution in [0, 0.1) is 5.92 Å². The van der Waals surface area contributed by atoms with Crippen molar-refractivity contribution in [1.82, 2.24) is 9.80 Å². The van der Waals surface area contributed by atoms with E-state index in [0.717, 1.165) is 19.5 Å². The Kier molecular flexibility index (Phi) is 7.34. The number of amides is 1. The number of hydrogen-bond donors (Lipinski definition) is 1. The van der Waals surface area contributed by atoms with Gasteiger partial charge < -0.3 is 15.5 Å². The number of rotatable bonds is 7. The second kappa shape index (κ2) is 7.65. The van der Waals surface area contributed by atoms with Crippen molar-refractivity contribution in [3.8, 4) is 0 Å². The van der Waals surface area contributed by atoms with Crippen molar-refractivity contribution in [2.24, 2.45) is 11.7 Å². The fourth-order valence-corrected chi connectivity index (χ4v) is 1.15. The number of likely N-dealkylation sites (N-methyl/N-ethyl adjacent to an activating group) is 2. The highest BCUT2D eigenvalue weighted by Crippen LogP contribution is 2.05. The van der Waals surface area contributed by atoms with E-state index in [4.69, 9.17) is 5.73 Å². The van der Waals surface area contributed by atoms with E-state index in [0.29, 0.717) is 18.9 Å². The molecule has 90 valence electrons. The van der Waals surface area contributed by atoms with Gasteiger partial charge in [0.15, 0.2) is 0 Å². The van der Waals surface area contributed by atoms with E-state index in [1.54, 1.807) is 4.90 Å². The maximum Gasteiger partial charge on any atom is 0.222 e. The van der Waals surface area contributed by atoms with Crippen LogP contribution in [0.3, 0.4) is 0 Å². The van der Waals surface area contributed by atoms with Gasteiger partial charge in [-0.2, -0.15) is 0 Å². The first-order chi connectivity index (χ1) is 6.97. The van der Waals surface area contributed by atoms with E-state index in [2.05, 4.69) is 11.8 Å². The molecule has 0 aliphatic heterocycles. The van der Waals surface area contributed by atoms with Gasteiger partial charge >= 0.3 is 0 Å². The molecule has 0 rings (SSSR count). The number of carbonyl (C=O) groups is 1. The highest BCUT2D eigenvalue weighted by molar-refractivity contribution is 5.75. The molecule has 1 atom stereocenters. The lowest BCUT2D eigenvalue weighted by Gasteiger charge is -2.20. The first kappa shape index (κ1) is 14.4. The molecule has 0 spiro atoms. The Bertz CT molecular complexity index is 183. The first-order valence-electron chi connectivity index (χ1n) is 5.56. The molecular weight excluding hydrogens is 190 g/mol. The number of carbonyl (C=O) groups excluding carboxylic acids is 1. The zero-order valence-electron chi connectivity index (χ0n) is 10.5. The maximum absolute atomic E-state index is 11.6. The second-order valence-electron chi connectivity index (χ2n) is 4.50. The highest BCUT2D eigenvalue weighted by Gasteiger charge is 2.10. The van der Waals surface area contributed by atoms with E-state index in [9.17, 15) is 4.79 Å². The molecule has 15 heavy (non-hydrogen) atoms. The van der Waals surface area contributed by atoms with Crippen LogP contribution in [0.1, 0.15) is 19.8 Å². The van der Waals surface area contributed by atoms with Crippen LogP contribution < -0.4 is 5.73 Å². The summed E-state index contributed by atoms with van der Waals surface area (Å²) in [7, 11) is 5.88. The van der Waals surface area contributed by atoms with Crippen LogP contribution in [-0.4, -0.2) is 56.5 Å². The van der Waals surface area contributed by atoms with Gasteiger partial charge in [0.05, 0.1) is 0 Å². The SMILES string of the molecule is CC(CN)CCC(=O)N(C)CCN(C)C. The van der Waals surface area contributed by atoms with Gasteiger partial charge in [0.2, 0.25) is 5.91 Å². The normalized spacial score (nSPS) is 12.9. The molecule has 0 aromatic rings. The van der Waals surface area contributed by atoms with E-state index in [1.807, 2.05) is 21.1 Å². The van der Waals surface area contributed by atoms with Crippen LogP contribution in [0.2, 0.25) is 0 Å². The standard InChI is InChI=1S/C11H25N3O/c1-10(9-12)5-6-11(15)14(4)8-7-13(2)3/h10H,5-9,12H2,1-4H3. The van der Waals surface area contributed by atoms with Crippen LogP contribution in [0.25, 0.3) is 0 Å². The monoisotopic (exact) mass is 215 g/mol. The number of hydrogen-bond acceptors (Lipinski definition) is 3. The zero-order chi connectivity index (χ0) is 11.8. The quantitative estimate of drug-likeness (QED) is 0.668. The van der Waals surface area contributed by atoms with Gasteiger partial charge in [-0.15, -0.1) is 0 Å². The van der Waals surface area contributed by atoms with Gasteiger partial charge in [0, 0.05) is 26.6 Å². The van der Waals surface area contributed by atoms with Gasteiger partial charge in [-0.25, -0.2) is 0 Å². The molecule has 0 saturated carbocycles. The van der Waals surface area contributed by atoms with Gasteiger partial charge in [-0.3, -0.25) is 4.79 Å². The molecular formula is C11H25N3O. The molecule has 0 saturated heterocycles. The van der Waals surface area contributed by atoms with Crippen molar-refractivity contribution in [3.05, 3.63) is 0 Å². The van der Waals surface area contributed by atoms with Gasteiger partial charge in [0.1, 0.15) is 0 Å². The molecule has 1 amide bonds. The van der Waals surface area contributed by atoms with Crippen LogP contribution in [0.15, 0.2) is 0 Å². The second-order valence-corrected chi connectivity index (χ2v) is 4.50. The van der Waals surface area contributed by atoms with E-state index in [1.165, 1.54) is 0 Å². The third-order valence-corrected chi connectivity index (χ3v) is 2.56. The Morgan fingerprint density at radius 2 is 1.87 bits per heavy atom. The minimum Gasteiger partial charge on any atom is -0.344 e. The third-order valence-electron chi connectivity index (χ3n) is 2.56.